The van der Waals surface area contributed by atoms with Gasteiger partial charge in [0, 0.05) is 113 Å². The molecule has 4 aliphatic heterocycles. The number of likely N-dealkylation sites (tertiary alicyclic amines) is 1. The van der Waals surface area contributed by atoms with Crippen molar-refractivity contribution in [2.75, 3.05) is 42.9 Å². The van der Waals surface area contributed by atoms with Gasteiger partial charge in [0.05, 0.1) is 29.8 Å². The van der Waals surface area contributed by atoms with E-state index in [0.29, 0.717) is 86.5 Å². The Morgan fingerprint density at radius 2 is 1.75 bits per heavy atom. The van der Waals surface area contributed by atoms with E-state index >= 15 is 0 Å². The molecule has 4 amide bonds. The fourth-order valence-corrected chi connectivity index (χ4v) is 9.93. The highest BCUT2D eigenvalue weighted by Crippen LogP contribution is 2.44. The van der Waals surface area contributed by atoms with Crippen molar-refractivity contribution in [3.05, 3.63) is 75.6 Å². The highest BCUT2D eigenvalue weighted by Gasteiger charge is 2.36. The average Bonchev–Trinajstić information content (AvgIpc) is 3.95. The standard InChI is InChI=1S/C45H53F2N11O5/c1-27(59)55-20-15-35-34(26-55)43(56-17-6-7-28-21-32(29-24-49-52(2)25-29)33(42(46)47)23-38(28)56)51-58(35)31-13-18-54(19-14-31)41(61)8-4-5-16-48-30-9-10-36-39(22-30)53(3)45(63)57(36)37-11-12-40(60)50-44(37)62/h9-10,21-25,31,37,42,48H,4-8,11-20,26H2,1-3H3,(H,50,60,62). The fourth-order valence-electron chi connectivity index (χ4n) is 9.93. The molecule has 0 spiro atoms. The molecular formula is C45H53F2N11O5. The van der Waals surface area contributed by atoms with Crippen LogP contribution >= 0.6 is 0 Å². The largest absolute Gasteiger partial charge is 0.385 e. The summed E-state index contributed by atoms with van der Waals surface area (Å²) in [7, 11) is 3.43. The van der Waals surface area contributed by atoms with Crippen molar-refractivity contribution < 1.29 is 28.0 Å². The van der Waals surface area contributed by atoms with Crippen LogP contribution in [0.2, 0.25) is 0 Å². The lowest BCUT2D eigenvalue weighted by Crippen LogP contribution is -2.44. The van der Waals surface area contributed by atoms with Crippen molar-refractivity contribution in [3.8, 4) is 11.1 Å². The third kappa shape index (κ3) is 7.99. The summed E-state index contributed by atoms with van der Waals surface area (Å²) in [6.07, 6.45) is 6.70. The number of carbonyl (C=O) groups is 4. The van der Waals surface area contributed by atoms with E-state index < -0.39 is 18.4 Å². The summed E-state index contributed by atoms with van der Waals surface area (Å²) in [5, 5.41) is 15.2. The first-order valence-electron chi connectivity index (χ1n) is 22.0. The number of aromatic nitrogens is 6. The third-order valence-corrected chi connectivity index (χ3v) is 13.3. The summed E-state index contributed by atoms with van der Waals surface area (Å²) in [5.74, 6) is 0.0117. The minimum absolute atomic E-state index is 0.0177. The molecule has 0 bridgehead atoms. The van der Waals surface area contributed by atoms with Crippen LogP contribution in [0.5, 0.6) is 0 Å². The van der Waals surface area contributed by atoms with Gasteiger partial charge in [-0.3, -0.25) is 43.0 Å². The van der Waals surface area contributed by atoms with Gasteiger partial charge in [-0.2, -0.15) is 10.2 Å². The molecule has 2 fully saturated rings. The van der Waals surface area contributed by atoms with E-state index in [1.54, 1.807) is 44.2 Å². The van der Waals surface area contributed by atoms with Gasteiger partial charge in [0.25, 0.3) is 6.43 Å². The SMILES string of the molecule is CC(=O)N1CCc2c(c(N3CCCc4cc(-c5cnn(C)c5)c(C(F)F)cc43)nn2C2CCN(C(=O)CCCCNc3ccc4c(c3)n(C)c(=O)n4C3CCC(=O)NC3=O)CC2)C1. The predicted octanol–water partition coefficient (Wildman–Crippen LogP) is 5.29. The second-order valence-electron chi connectivity index (χ2n) is 17.3. The molecule has 7 heterocycles. The molecular weight excluding hydrogens is 813 g/mol. The van der Waals surface area contributed by atoms with E-state index in [0.717, 1.165) is 60.3 Å². The van der Waals surface area contributed by atoms with Crippen molar-refractivity contribution in [2.45, 2.75) is 96.2 Å². The van der Waals surface area contributed by atoms with Gasteiger partial charge in [0.1, 0.15) is 6.04 Å². The Labute approximate surface area is 362 Å². The van der Waals surface area contributed by atoms with Crippen molar-refractivity contribution in [2.24, 2.45) is 14.1 Å². The van der Waals surface area contributed by atoms with Gasteiger partial charge in [-0.15, -0.1) is 0 Å². The van der Waals surface area contributed by atoms with Crippen LogP contribution < -0.4 is 21.2 Å². The Morgan fingerprint density at radius 3 is 2.48 bits per heavy atom. The third-order valence-electron chi connectivity index (χ3n) is 13.3. The topological polar surface area (TPSA) is 165 Å². The van der Waals surface area contributed by atoms with Crippen molar-refractivity contribution in [3.63, 3.8) is 0 Å². The zero-order valence-electron chi connectivity index (χ0n) is 35.9. The number of aryl methyl sites for hydroxylation is 3. The summed E-state index contributed by atoms with van der Waals surface area (Å²) < 4.78 is 36.1. The number of fused-ring (bicyclic) bond motifs is 3. The number of nitrogens with zero attached hydrogens (tertiary/aromatic N) is 9. The summed E-state index contributed by atoms with van der Waals surface area (Å²) in [5.41, 5.74) is 6.62. The maximum Gasteiger partial charge on any atom is 0.329 e. The van der Waals surface area contributed by atoms with Gasteiger partial charge in [0.15, 0.2) is 5.82 Å². The summed E-state index contributed by atoms with van der Waals surface area (Å²) in [6.45, 7) is 5.00. The lowest BCUT2D eigenvalue weighted by atomic mass is 9.92. The molecule has 9 rings (SSSR count). The average molecular weight is 866 g/mol. The number of unbranched alkanes of at least 4 members (excludes halogenated alkanes) is 1. The van der Waals surface area contributed by atoms with Crippen LogP contribution in [0, 0.1) is 0 Å². The van der Waals surface area contributed by atoms with Crippen molar-refractivity contribution in [1.29, 1.82) is 0 Å². The molecule has 16 nitrogen and oxygen atoms in total. The highest BCUT2D eigenvalue weighted by atomic mass is 19.3. The van der Waals surface area contributed by atoms with Crippen molar-refractivity contribution in [1.82, 2.24) is 43.8 Å². The second-order valence-corrected chi connectivity index (χ2v) is 17.3. The van der Waals surface area contributed by atoms with Gasteiger partial charge < -0.3 is 20.0 Å². The molecule has 0 saturated carbocycles. The van der Waals surface area contributed by atoms with Crippen LogP contribution in [0.1, 0.15) is 99.2 Å². The molecule has 3 aromatic heterocycles. The number of anilines is 3. The van der Waals surface area contributed by atoms with E-state index in [1.807, 2.05) is 34.1 Å². The monoisotopic (exact) mass is 865 g/mol. The van der Waals surface area contributed by atoms with E-state index in [2.05, 4.69) is 25.3 Å². The number of imidazole rings is 1. The van der Waals surface area contributed by atoms with E-state index in [1.165, 1.54) is 9.13 Å². The lowest BCUT2D eigenvalue weighted by Gasteiger charge is -2.34. The second kappa shape index (κ2) is 17.1. The van der Waals surface area contributed by atoms with Gasteiger partial charge in [-0.05, 0) is 86.4 Å². The smallest absolute Gasteiger partial charge is 0.329 e. The maximum absolute atomic E-state index is 14.7. The Kier molecular flexibility index (Phi) is 11.4. The normalized spacial score (nSPS) is 18.3. The number of amides is 4. The Balaban J connectivity index is 0.837. The van der Waals surface area contributed by atoms with Gasteiger partial charge in [0.2, 0.25) is 23.6 Å². The number of benzene rings is 2. The fraction of sp³-hybridized carbons (Fsp3) is 0.489. The van der Waals surface area contributed by atoms with E-state index in [4.69, 9.17) is 5.10 Å². The number of imide groups is 1. The van der Waals surface area contributed by atoms with Gasteiger partial charge in [-0.1, -0.05) is 0 Å². The maximum atomic E-state index is 14.7. The highest BCUT2D eigenvalue weighted by molar-refractivity contribution is 6.00. The molecule has 1 unspecified atom stereocenters. The van der Waals surface area contributed by atoms with Crippen molar-refractivity contribution >= 4 is 51.9 Å². The molecule has 1 atom stereocenters. The minimum atomic E-state index is -2.69. The molecule has 2 saturated heterocycles. The Morgan fingerprint density at radius 1 is 0.937 bits per heavy atom. The number of piperidine rings is 2. The summed E-state index contributed by atoms with van der Waals surface area (Å²) in [4.78, 5) is 69.2. The first-order chi connectivity index (χ1) is 30.4. The number of carbonyl (C=O) groups excluding carboxylic acids is 4. The number of hydrogen-bond donors (Lipinski definition) is 2. The summed E-state index contributed by atoms with van der Waals surface area (Å²) >= 11 is 0. The molecule has 0 aliphatic carbocycles. The Hall–Kier alpha value is -6.33. The predicted molar refractivity (Wildman–Crippen MR) is 232 cm³/mol. The molecule has 332 valence electrons. The van der Waals surface area contributed by atoms with Crippen LogP contribution in [0.25, 0.3) is 22.2 Å². The molecule has 5 aromatic rings. The first kappa shape index (κ1) is 42.0. The number of alkyl halides is 2. The number of halogens is 2. The number of nitrogens with one attached hydrogen (secondary N) is 2. The van der Waals surface area contributed by atoms with Crippen LogP contribution in [-0.2, 0) is 52.7 Å². The zero-order valence-corrected chi connectivity index (χ0v) is 35.9. The molecule has 18 heteroatoms. The summed E-state index contributed by atoms with van der Waals surface area (Å²) in [6, 6.07) is 8.37. The van der Waals surface area contributed by atoms with Crippen LogP contribution in [0.3, 0.4) is 0 Å². The minimum Gasteiger partial charge on any atom is -0.385 e. The van der Waals surface area contributed by atoms with Crippen LogP contribution in [0.4, 0.5) is 26.0 Å². The number of rotatable bonds is 11. The quantitative estimate of drug-likeness (QED) is 0.133. The van der Waals surface area contributed by atoms with Gasteiger partial charge in [-0.25, -0.2) is 13.6 Å². The van der Waals surface area contributed by atoms with E-state index in [-0.39, 0.29) is 47.9 Å². The first-order valence-corrected chi connectivity index (χ1v) is 22.0. The molecule has 4 aliphatic rings. The van der Waals surface area contributed by atoms with Crippen LogP contribution in [0.15, 0.2) is 47.5 Å². The Bertz CT molecular complexity index is 2670. The molecule has 2 N–H and O–H groups in total. The van der Waals surface area contributed by atoms with Crippen LogP contribution in [-0.4, -0.2) is 94.8 Å². The molecule has 2 aromatic carbocycles. The number of hydrogen-bond acceptors (Lipinski definition) is 9. The zero-order chi connectivity index (χ0) is 44.1. The molecule has 63 heavy (non-hydrogen) atoms. The van der Waals surface area contributed by atoms with E-state index in [9.17, 15) is 32.8 Å². The van der Waals surface area contributed by atoms with Gasteiger partial charge >= 0.3 is 5.69 Å². The lowest BCUT2D eigenvalue weighted by molar-refractivity contribution is -0.136. The molecule has 0 radical (unpaired) electrons.